The van der Waals surface area contributed by atoms with Gasteiger partial charge in [-0.1, -0.05) is 43.7 Å². The van der Waals surface area contributed by atoms with E-state index in [0.29, 0.717) is 12.0 Å². The van der Waals surface area contributed by atoms with Gasteiger partial charge in [-0.2, -0.15) is 0 Å². The van der Waals surface area contributed by atoms with Gasteiger partial charge in [0.15, 0.2) is 6.23 Å². The van der Waals surface area contributed by atoms with Gasteiger partial charge in [0.05, 0.1) is 12.4 Å². The number of ether oxygens (including phenoxy) is 1. The van der Waals surface area contributed by atoms with Crippen molar-refractivity contribution in [2.24, 2.45) is 11.8 Å². The van der Waals surface area contributed by atoms with Crippen molar-refractivity contribution in [1.82, 2.24) is 4.90 Å². The van der Waals surface area contributed by atoms with Gasteiger partial charge >= 0.3 is 0 Å². The van der Waals surface area contributed by atoms with Crippen molar-refractivity contribution >= 4 is 0 Å². The van der Waals surface area contributed by atoms with E-state index < -0.39 is 0 Å². The number of hydrogen-bond acceptors (Lipinski definition) is 3. The third-order valence-corrected chi connectivity index (χ3v) is 6.27. The number of nitrogens with zero attached hydrogens (tertiary/aromatic N) is 1. The van der Waals surface area contributed by atoms with Crippen LogP contribution in [0.15, 0.2) is 53.1 Å². The van der Waals surface area contributed by atoms with Crippen LogP contribution in [-0.4, -0.2) is 16.5 Å². The Morgan fingerprint density at radius 3 is 2.60 bits per heavy atom. The van der Waals surface area contributed by atoms with Crippen LogP contribution in [0.25, 0.3) is 0 Å². The predicted octanol–water partition coefficient (Wildman–Crippen LogP) is 5.39. The van der Waals surface area contributed by atoms with Gasteiger partial charge in [0.2, 0.25) is 0 Å². The predicted molar refractivity (Wildman–Crippen MR) is 98.9 cm³/mol. The smallest absolute Gasteiger partial charge is 0.170 e. The van der Waals surface area contributed by atoms with E-state index in [1.54, 1.807) is 6.26 Å². The molecule has 4 atom stereocenters. The molecule has 0 radical (unpaired) electrons. The molecule has 134 valence electrons. The number of benzene rings is 1. The lowest BCUT2D eigenvalue weighted by atomic mass is 9.69. The molecule has 1 saturated carbocycles. The second-order valence-corrected chi connectivity index (χ2v) is 8.33. The molecule has 2 aliphatic rings. The molecule has 0 unspecified atom stereocenters. The average molecular weight is 339 g/mol. The zero-order valence-corrected chi connectivity index (χ0v) is 15.5. The lowest BCUT2D eigenvalue weighted by molar-refractivity contribution is -0.246. The topological polar surface area (TPSA) is 25.6 Å². The van der Waals surface area contributed by atoms with Gasteiger partial charge in [0.25, 0.3) is 0 Å². The molecule has 1 aromatic carbocycles. The first-order valence-electron chi connectivity index (χ1n) is 9.55. The van der Waals surface area contributed by atoms with Crippen LogP contribution < -0.4 is 0 Å². The molecule has 0 amide bonds. The Hall–Kier alpha value is -1.58. The minimum absolute atomic E-state index is 0.0658. The molecule has 25 heavy (non-hydrogen) atoms. The summed E-state index contributed by atoms with van der Waals surface area (Å²) in [4.78, 5) is 2.50. The van der Waals surface area contributed by atoms with Crippen molar-refractivity contribution in [2.45, 2.75) is 64.4 Å². The summed E-state index contributed by atoms with van der Waals surface area (Å²) in [6, 6.07) is 14.7. The summed E-state index contributed by atoms with van der Waals surface area (Å²) in [5.41, 5.74) is 1.38. The van der Waals surface area contributed by atoms with Crippen LogP contribution in [0.4, 0.5) is 0 Å². The van der Waals surface area contributed by atoms with Crippen LogP contribution in [0.1, 0.15) is 57.6 Å². The van der Waals surface area contributed by atoms with Crippen LogP contribution in [0.5, 0.6) is 0 Å². The quantitative estimate of drug-likeness (QED) is 0.749. The summed E-state index contributed by atoms with van der Waals surface area (Å²) >= 11 is 0. The van der Waals surface area contributed by atoms with Gasteiger partial charge in [-0.05, 0) is 50.3 Å². The maximum Gasteiger partial charge on any atom is 0.170 e. The first-order valence-corrected chi connectivity index (χ1v) is 9.55. The van der Waals surface area contributed by atoms with Crippen LogP contribution in [0.2, 0.25) is 0 Å². The highest BCUT2D eigenvalue weighted by atomic mass is 16.5. The molecule has 1 aliphatic heterocycles. The Morgan fingerprint density at radius 1 is 1.08 bits per heavy atom. The number of furan rings is 1. The molecule has 1 saturated heterocycles. The van der Waals surface area contributed by atoms with E-state index in [4.69, 9.17) is 9.15 Å². The van der Waals surface area contributed by atoms with Crippen molar-refractivity contribution < 1.29 is 9.15 Å². The molecule has 1 aromatic heterocycles. The molecule has 0 N–H and O–H groups in total. The minimum atomic E-state index is -0.114. The Balaban J connectivity index is 1.69. The van der Waals surface area contributed by atoms with Crippen molar-refractivity contribution in [3.05, 3.63) is 60.1 Å². The van der Waals surface area contributed by atoms with Crippen molar-refractivity contribution in [3.8, 4) is 0 Å². The second-order valence-electron chi connectivity index (χ2n) is 8.33. The summed E-state index contributed by atoms with van der Waals surface area (Å²) < 4.78 is 12.4. The molecule has 3 heteroatoms. The zero-order chi connectivity index (χ0) is 17.4. The largest absolute Gasteiger partial charge is 0.465 e. The summed E-state index contributed by atoms with van der Waals surface area (Å²) in [5, 5.41) is 0. The molecule has 2 fully saturated rings. The van der Waals surface area contributed by atoms with E-state index in [2.05, 4.69) is 56.0 Å². The Kier molecular flexibility index (Phi) is 4.47. The van der Waals surface area contributed by atoms with Gasteiger partial charge in [-0.3, -0.25) is 4.90 Å². The van der Waals surface area contributed by atoms with Crippen LogP contribution in [-0.2, 0) is 11.3 Å². The number of fused-ring (bicyclic) bond motifs is 1. The van der Waals surface area contributed by atoms with E-state index >= 15 is 0 Å². The summed E-state index contributed by atoms with van der Waals surface area (Å²) in [7, 11) is 0. The van der Waals surface area contributed by atoms with Gasteiger partial charge in [0.1, 0.15) is 5.76 Å². The summed E-state index contributed by atoms with van der Waals surface area (Å²) in [6.07, 6.45) is 5.66. The molecular formula is C22H29NO2. The van der Waals surface area contributed by atoms with E-state index in [0.717, 1.165) is 24.6 Å². The number of hydrogen-bond donors (Lipinski definition) is 0. The van der Waals surface area contributed by atoms with E-state index in [9.17, 15) is 0 Å². The van der Waals surface area contributed by atoms with Crippen molar-refractivity contribution in [3.63, 3.8) is 0 Å². The average Bonchev–Trinajstić information content (AvgIpc) is 3.12. The highest BCUT2D eigenvalue weighted by Gasteiger charge is 2.51. The normalized spacial score (nSPS) is 32.3. The van der Waals surface area contributed by atoms with Crippen LogP contribution in [0.3, 0.4) is 0 Å². The van der Waals surface area contributed by atoms with E-state index in [1.165, 1.54) is 18.4 Å². The first kappa shape index (κ1) is 16.9. The molecule has 1 aliphatic carbocycles. The van der Waals surface area contributed by atoms with Gasteiger partial charge in [-0.15, -0.1) is 0 Å². The summed E-state index contributed by atoms with van der Waals surface area (Å²) in [5.74, 6) is 2.23. The monoisotopic (exact) mass is 339 g/mol. The van der Waals surface area contributed by atoms with Crippen molar-refractivity contribution in [1.29, 1.82) is 0 Å². The van der Waals surface area contributed by atoms with Gasteiger partial charge in [-0.25, -0.2) is 0 Å². The lowest BCUT2D eigenvalue weighted by Gasteiger charge is -2.56. The maximum absolute atomic E-state index is 6.66. The standard InChI is InChI=1S/C22H29NO2/c1-16-11-12-18-20(14-16)25-21(19-10-7-13-24-19)23(22(18,2)3)15-17-8-5-4-6-9-17/h4-10,13,16,18,20-21H,11-12,14-15H2,1-3H3/t16-,18-,20-,21+/m1/s1. The SMILES string of the molecule is C[C@@H]1CC[C@@H]2[C@@H](C1)O[C@@H](c1ccco1)N(Cc1ccccc1)C2(C)C. The number of rotatable bonds is 3. The lowest BCUT2D eigenvalue weighted by Crippen LogP contribution is -2.61. The molecule has 2 aromatic rings. The third kappa shape index (κ3) is 3.16. The second kappa shape index (κ2) is 6.62. The fourth-order valence-corrected chi connectivity index (χ4v) is 4.76. The fraction of sp³-hybridized carbons (Fsp3) is 0.545. The minimum Gasteiger partial charge on any atom is -0.465 e. The molecular weight excluding hydrogens is 310 g/mol. The molecule has 0 bridgehead atoms. The maximum atomic E-state index is 6.66. The third-order valence-electron chi connectivity index (χ3n) is 6.27. The molecule has 3 nitrogen and oxygen atoms in total. The van der Waals surface area contributed by atoms with E-state index in [-0.39, 0.29) is 11.8 Å². The molecule has 0 spiro atoms. The van der Waals surface area contributed by atoms with Gasteiger partial charge in [0, 0.05) is 18.0 Å². The van der Waals surface area contributed by atoms with Crippen molar-refractivity contribution in [2.75, 3.05) is 0 Å². The Labute approximate surface area is 151 Å². The highest BCUT2D eigenvalue weighted by Crippen LogP contribution is 2.49. The Bertz CT molecular complexity index is 679. The van der Waals surface area contributed by atoms with Crippen LogP contribution >= 0.6 is 0 Å². The fourth-order valence-electron chi connectivity index (χ4n) is 4.76. The summed E-state index contributed by atoms with van der Waals surface area (Å²) in [6.45, 7) is 8.01. The first-order chi connectivity index (χ1) is 12.1. The highest BCUT2D eigenvalue weighted by molar-refractivity contribution is 5.17. The Morgan fingerprint density at radius 2 is 1.88 bits per heavy atom. The van der Waals surface area contributed by atoms with Crippen LogP contribution in [0, 0.1) is 11.8 Å². The van der Waals surface area contributed by atoms with E-state index in [1.807, 2.05) is 12.1 Å². The molecule has 2 heterocycles. The van der Waals surface area contributed by atoms with Gasteiger partial charge < -0.3 is 9.15 Å². The zero-order valence-electron chi connectivity index (χ0n) is 15.5. The molecule has 4 rings (SSSR count).